The largest absolute Gasteiger partial charge is 0.467 e. The van der Waals surface area contributed by atoms with E-state index < -0.39 is 29.7 Å². The summed E-state index contributed by atoms with van der Waals surface area (Å²) in [4.78, 5) is 36.4. The molecular formula is C23H26N2O6. The van der Waals surface area contributed by atoms with Crippen LogP contribution in [0, 0.1) is 0 Å². The van der Waals surface area contributed by atoms with Crippen LogP contribution in [0.4, 0.5) is 10.5 Å². The van der Waals surface area contributed by atoms with Crippen LogP contribution in [0.15, 0.2) is 60.7 Å². The molecule has 0 heterocycles. The molecule has 31 heavy (non-hydrogen) atoms. The highest BCUT2D eigenvalue weighted by Gasteiger charge is 2.21. The van der Waals surface area contributed by atoms with Gasteiger partial charge < -0.3 is 14.6 Å². The van der Waals surface area contributed by atoms with E-state index in [0.717, 1.165) is 5.01 Å². The van der Waals surface area contributed by atoms with Crippen LogP contribution in [0.25, 0.3) is 6.08 Å². The zero-order valence-corrected chi connectivity index (χ0v) is 17.9. The number of rotatable bonds is 5. The maximum Gasteiger partial charge on any atom is 0.427 e. The van der Waals surface area contributed by atoms with Gasteiger partial charge in [-0.05, 0) is 50.1 Å². The van der Waals surface area contributed by atoms with Crippen molar-refractivity contribution in [2.24, 2.45) is 0 Å². The van der Waals surface area contributed by atoms with Crippen LogP contribution in [0.3, 0.4) is 0 Å². The Balaban J connectivity index is 2.16. The van der Waals surface area contributed by atoms with Crippen molar-refractivity contribution in [3.05, 3.63) is 71.8 Å². The number of carbonyl (C=O) groups is 3. The third-order valence-electron chi connectivity index (χ3n) is 3.93. The van der Waals surface area contributed by atoms with Crippen LogP contribution in [0.1, 0.15) is 38.0 Å². The number of nitrogens with zero attached hydrogens (tertiary/aromatic N) is 1. The Morgan fingerprint density at radius 2 is 1.65 bits per heavy atom. The third-order valence-corrected chi connectivity index (χ3v) is 3.93. The van der Waals surface area contributed by atoms with E-state index in [1.807, 2.05) is 0 Å². The Bertz CT molecular complexity index is 933. The summed E-state index contributed by atoms with van der Waals surface area (Å²) in [6.45, 7) is 5.17. The van der Waals surface area contributed by atoms with Gasteiger partial charge in [0.25, 0.3) is 5.91 Å². The predicted molar refractivity (Wildman–Crippen MR) is 116 cm³/mol. The van der Waals surface area contributed by atoms with E-state index in [0.29, 0.717) is 16.8 Å². The van der Waals surface area contributed by atoms with Gasteiger partial charge in [-0.3, -0.25) is 4.79 Å². The molecule has 0 aliphatic heterocycles. The number of hydrogen-bond donors (Lipinski definition) is 2. The van der Waals surface area contributed by atoms with Crippen molar-refractivity contribution in [1.82, 2.24) is 5.43 Å². The van der Waals surface area contributed by atoms with E-state index in [9.17, 15) is 19.5 Å². The molecule has 8 heteroatoms. The Labute approximate surface area is 181 Å². The molecule has 0 saturated carbocycles. The second-order valence-electron chi connectivity index (χ2n) is 7.55. The van der Waals surface area contributed by atoms with Gasteiger partial charge in [0, 0.05) is 6.08 Å². The molecule has 2 rings (SSSR count). The molecule has 0 fully saturated rings. The Hall–Kier alpha value is -3.65. The van der Waals surface area contributed by atoms with E-state index in [4.69, 9.17) is 4.74 Å². The lowest BCUT2D eigenvalue weighted by molar-refractivity contribution is -0.150. The van der Waals surface area contributed by atoms with E-state index in [-0.39, 0.29) is 0 Å². The van der Waals surface area contributed by atoms with Crippen molar-refractivity contribution in [1.29, 1.82) is 0 Å². The number of benzene rings is 2. The van der Waals surface area contributed by atoms with Gasteiger partial charge in [0.1, 0.15) is 5.60 Å². The number of para-hydroxylation sites is 1. The number of methoxy groups -OCH3 is 1. The lowest BCUT2D eigenvalue weighted by atomic mass is 10.1. The van der Waals surface area contributed by atoms with Gasteiger partial charge in [-0.1, -0.05) is 42.5 Å². The van der Waals surface area contributed by atoms with Gasteiger partial charge >= 0.3 is 12.1 Å². The quantitative estimate of drug-likeness (QED) is 0.431. The maximum absolute atomic E-state index is 12.8. The first kappa shape index (κ1) is 23.6. The number of hydrogen-bond acceptors (Lipinski definition) is 6. The average molecular weight is 426 g/mol. The number of anilines is 1. The number of ether oxygens (including phenoxy) is 2. The summed E-state index contributed by atoms with van der Waals surface area (Å²) in [7, 11) is 1.19. The maximum atomic E-state index is 12.8. The number of esters is 1. The molecule has 2 aromatic carbocycles. The summed E-state index contributed by atoms with van der Waals surface area (Å²) < 4.78 is 9.75. The van der Waals surface area contributed by atoms with Crippen LogP contribution < -0.4 is 10.4 Å². The molecule has 0 radical (unpaired) electrons. The van der Waals surface area contributed by atoms with Crippen molar-refractivity contribution in [2.45, 2.75) is 32.5 Å². The SMILES string of the molecule is COC(=O)C(O)c1ccc(C=CC(=O)N(NC(=O)OC(C)(C)C)c2ccccc2)cc1. The third kappa shape index (κ3) is 7.27. The van der Waals surface area contributed by atoms with Crippen molar-refractivity contribution in [3.8, 4) is 0 Å². The topological polar surface area (TPSA) is 105 Å². The number of aliphatic hydroxyl groups excluding tert-OH is 1. The Morgan fingerprint density at radius 3 is 2.19 bits per heavy atom. The minimum atomic E-state index is -1.38. The molecule has 1 unspecified atom stereocenters. The highest BCUT2D eigenvalue weighted by molar-refractivity contribution is 6.04. The molecule has 1 atom stereocenters. The lowest BCUT2D eigenvalue weighted by Crippen LogP contribution is -2.47. The van der Waals surface area contributed by atoms with Crippen molar-refractivity contribution in [3.63, 3.8) is 0 Å². The normalized spacial score (nSPS) is 12.2. The first-order valence-corrected chi connectivity index (χ1v) is 9.53. The summed E-state index contributed by atoms with van der Waals surface area (Å²) in [5.41, 5.74) is 3.21. The van der Waals surface area contributed by atoms with Gasteiger partial charge in [-0.15, -0.1) is 0 Å². The number of carbonyl (C=O) groups excluding carboxylic acids is 3. The first-order chi connectivity index (χ1) is 14.6. The standard InChI is InChI=1S/C23H26N2O6/c1-23(2,3)31-22(29)24-25(18-8-6-5-7-9-18)19(26)15-12-16-10-13-17(14-11-16)20(27)21(28)30-4/h5-15,20,27H,1-4H3,(H,24,29). The van der Waals surface area contributed by atoms with E-state index >= 15 is 0 Å². The monoisotopic (exact) mass is 426 g/mol. The first-order valence-electron chi connectivity index (χ1n) is 9.53. The summed E-state index contributed by atoms with van der Waals surface area (Å²) >= 11 is 0. The van der Waals surface area contributed by atoms with Gasteiger partial charge in [0.05, 0.1) is 12.8 Å². The van der Waals surface area contributed by atoms with Crippen LogP contribution >= 0.6 is 0 Å². The summed E-state index contributed by atoms with van der Waals surface area (Å²) in [5, 5.41) is 10.9. The minimum Gasteiger partial charge on any atom is -0.467 e. The van der Waals surface area contributed by atoms with Crippen LogP contribution in [-0.4, -0.2) is 35.8 Å². The fraction of sp³-hybridized carbons (Fsp3) is 0.261. The fourth-order valence-electron chi connectivity index (χ4n) is 2.50. The summed E-state index contributed by atoms with van der Waals surface area (Å²) in [5.74, 6) is -1.26. The Morgan fingerprint density at radius 1 is 1.03 bits per heavy atom. The molecule has 2 amide bonds. The number of hydrazine groups is 1. The van der Waals surface area contributed by atoms with Crippen LogP contribution in [-0.2, 0) is 19.1 Å². The van der Waals surface area contributed by atoms with Crippen molar-refractivity contribution >= 4 is 29.7 Å². The van der Waals surface area contributed by atoms with E-state index in [2.05, 4.69) is 10.2 Å². The molecule has 0 aromatic heterocycles. The molecule has 2 N–H and O–H groups in total. The van der Waals surface area contributed by atoms with Crippen molar-refractivity contribution in [2.75, 3.05) is 12.1 Å². The number of aliphatic hydroxyl groups is 1. The molecule has 0 aliphatic rings. The molecular weight excluding hydrogens is 400 g/mol. The zero-order chi connectivity index (χ0) is 23.0. The second kappa shape index (κ2) is 10.4. The predicted octanol–water partition coefficient (Wildman–Crippen LogP) is 3.38. The van der Waals surface area contributed by atoms with Gasteiger partial charge in [0.15, 0.2) is 6.10 Å². The van der Waals surface area contributed by atoms with Crippen LogP contribution in [0.5, 0.6) is 0 Å². The highest BCUT2D eigenvalue weighted by atomic mass is 16.6. The molecule has 0 bridgehead atoms. The zero-order valence-electron chi connectivity index (χ0n) is 17.9. The highest BCUT2D eigenvalue weighted by Crippen LogP contribution is 2.17. The summed E-state index contributed by atoms with van der Waals surface area (Å²) in [6, 6.07) is 15.0. The Kier molecular flexibility index (Phi) is 7.93. The molecule has 8 nitrogen and oxygen atoms in total. The smallest absolute Gasteiger partial charge is 0.427 e. The van der Waals surface area contributed by atoms with E-state index in [1.54, 1.807) is 81.4 Å². The fourth-order valence-corrected chi connectivity index (χ4v) is 2.50. The molecule has 0 aliphatic carbocycles. The summed E-state index contributed by atoms with van der Waals surface area (Å²) in [6.07, 6.45) is 0.690. The molecule has 0 spiro atoms. The molecule has 164 valence electrons. The van der Waals surface area contributed by atoms with Gasteiger partial charge in [-0.25, -0.2) is 20.0 Å². The van der Waals surface area contributed by atoms with Crippen LogP contribution in [0.2, 0.25) is 0 Å². The number of amides is 2. The lowest BCUT2D eigenvalue weighted by Gasteiger charge is -2.25. The second-order valence-corrected chi connectivity index (χ2v) is 7.55. The molecule has 2 aromatic rings. The molecule has 0 saturated heterocycles. The average Bonchev–Trinajstić information content (AvgIpc) is 2.74. The van der Waals surface area contributed by atoms with Crippen molar-refractivity contribution < 1.29 is 29.0 Å². The minimum absolute atomic E-state index is 0.368. The van der Waals surface area contributed by atoms with E-state index in [1.165, 1.54) is 13.2 Å². The van der Waals surface area contributed by atoms with Gasteiger partial charge in [-0.2, -0.15) is 0 Å². The van der Waals surface area contributed by atoms with Gasteiger partial charge in [0.2, 0.25) is 0 Å². The number of nitrogens with one attached hydrogen (secondary N) is 1.